The van der Waals surface area contributed by atoms with E-state index in [1.807, 2.05) is 0 Å². The predicted octanol–water partition coefficient (Wildman–Crippen LogP) is 1.96. The summed E-state index contributed by atoms with van der Waals surface area (Å²) in [4.78, 5) is -1.44. The number of rotatable bonds is 2. The van der Waals surface area contributed by atoms with E-state index in [0.29, 0.717) is 11.5 Å². The fourth-order valence-corrected chi connectivity index (χ4v) is 3.54. The van der Waals surface area contributed by atoms with Gasteiger partial charge in [0.25, 0.3) is 0 Å². The lowest BCUT2D eigenvalue weighted by molar-refractivity contribution is 0.433. The van der Waals surface area contributed by atoms with Crippen molar-refractivity contribution in [2.24, 2.45) is 0 Å². The number of phenols is 2. The van der Waals surface area contributed by atoms with Gasteiger partial charge in [-0.05, 0) is 35.0 Å². The van der Waals surface area contributed by atoms with Crippen LogP contribution in [0, 0.1) is 0 Å². The van der Waals surface area contributed by atoms with Gasteiger partial charge in [0.1, 0.15) is 36.6 Å². The molecule has 3 aromatic carbocycles. The van der Waals surface area contributed by atoms with Crippen molar-refractivity contribution in [3.63, 3.8) is 0 Å². The van der Waals surface area contributed by atoms with Gasteiger partial charge in [-0.3, -0.25) is 0 Å². The minimum absolute atomic E-state index is 0. The number of quaternary nitrogens is 2. The van der Waals surface area contributed by atoms with E-state index < -0.39 is 41.5 Å². The van der Waals surface area contributed by atoms with Crippen LogP contribution in [0.3, 0.4) is 0 Å². The molecule has 0 aliphatic heterocycles. The fourth-order valence-electron chi connectivity index (χ4n) is 2.43. The van der Waals surface area contributed by atoms with Crippen LogP contribution in [-0.4, -0.2) is 36.2 Å². The van der Waals surface area contributed by atoms with Gasteiger partial charge in [-0.2, -0.15) is 0 Å². The van der Waals surface area contributed by atoms with Crippen molar-refractivity contribution in [1.29, 1.82) is 0 Å². The highest BCUT2D eigenvalue weighted by Crippen LogP contribution is 2.40. The molecule has 26 heavy (non-hydrogen) atoms. The Balaban J connectivity index is 0.00000169. The van der Waals surface area contributed by atoms with Gasteiger partial charge in [0.05, 0.1) is 4.90 Å². The van der Waals surface area contributed by atoms with Gasteiger partial charge in [-0.1, -0.05) is 6.07 Å². The zero-order chi connectivity index (χ0) is 17.9. The molecule has 142 valence electrons. The monoisotopic (exact) mass is 404 g/mol. The number of hydrogen-bond donors (Lipinski definition) is 4. The lowest BCUT2D eigenvalue weighted by Crippen LogP contribution is -2.00. The molecule has 0 heterocycles. The van der Waals surface area contributed by atoms with Crippen LogP contribution in [0.4, 0.5) is 0 Å². The highest BCUT2D eigenvalue weighted by molar-refractivity contribution is 7.86. The molecular formula is C14H16N2O8S2. The van der Waals surface area contributed by atoms with Gasteiger partial charge >= 0.3 is 0 Å². The third kappa shape index (κ3) is 3.55. The van der Waals surface area contributed by atoms with Crippen LogP contribution in [0.15, 0.2) is 46.2 Å². The zero-order valence-electron chi connectivity index (χ0n) is 13.6. The summed E-state index contributed by atoms with van der Waals surface area (Å²) in [6.45, 7) is 0. The normalized spacial score (nSPS) is 11.8. The highest BCUT2D eigenvalue weighted by atomic mass is 32.2. The molecule has 0 aromatic heterocycles. The Hall–Kier alpha value is -2.48. The average Bonchev–Trinajstić information content (AvgIpc) is 2.46. The Morgan fingerprint density at radius 3 is 1.85 bits per heavy atom. The van der Waals surface area contributed by atoms with Crippen molar-refractivity contribution < 1.29 is 36.2 Å². The van der Waals surface area contributed by atoms with Crippen LogP contribution in [0.2, 0.25) is 0 Å². The Labute approximate surface area is 148 Å². The number of aromatic hydroxyl groups is 2. The molecule has 0 bridgehead atoms. The maximum Gasteiger partial charge on any atom is 0.141 e. The summed E-state index contributed by atoms with van der Waals surface area (Å²) in [6.07, 6.45) is 0. The van der Waals surface area contributed by atoms with Gasteiger partial charge in [0.15, 0.2) is 0 Å². The molecule has 0 fully saturated rings. The van der Waals surface area contributed by atoms with Gasteiger partial charge in [-0.15, -0.1) is 0 Å². The van der Waals surface area contributed by atoms with E-state index in [1.54, 1.807) is 0 Å². The Morgan fingerprint density at radius 1 is 0.731 bits per heavy atom. The molecule has 0 saturated carbocycles. The summed E-state index contributed by atoms with van der Waals surface area (Å²) in [6, 6.07) is 6.59. The minimum Gasteiger partial charge on any atom is -0.744 e. The average molecular weight is 404 g/mol. The van der Waals surface area contributed by atoms with Gasteiger partial charge in [0, 0.05) is 16.8 Å². The molecule has 10 nitrogen and oxygen atoms in total. The second-order valence-corrected chi connectivity index (χ2v) is 7.79. The van der Waals surface area contributed by atoms with Crippen LogP contribution in [0.5, 0.6) is 11.5 Å². The molecule has 10 N–H and O–H groups in total. The van der Waals surface area contributed by atoms with E-state index in [2.05, 4.69) is 0 Å². The van der Waals surface area contributed by atoms with E-state index in [1.165, 1.54) is 18.2 Å². The summed E-state index contributed by atoms with van der Waals surface area (Å²) >= 11 is 0. The summed E-state index contributed by atoms with van der Waals surface area (Å²) < 4.78 is 66.6. The third-order valence-corrected chi connectivity index (χ3v) is 5.22. The second-order valence-electron chi connectivity index (χ2n) is 5.06. The van der Waals surface area contributed by atoms with Crippen molar-refractivity contribution in [1.82, 2.24) is 12.3 Å². The topological polar surface area (TPSA) is 228 Å². The Kier molecular flexibility index (Phi) is 5.54. The van der Waals surface area contributed by atoms with Gasteiger partial charge in [-0.25, -0.2) is 16.8 Å². The van der Waals surface area contributed by atoms with Crippen molar-refractivity contribution >= 4 is 41.8 Å². The first-order valence-corrected chi connectivity index (χ1v) is 9.14. The first-order valence-electron chi connectivity index (χ1n) is 6.33. The molecule has 0 saturated heterocycles. The van der Waals surface area contributed by atoms with Crippen LogP contribution in [-0.2, 0) is 20.2 Å². The SMILES string of the molecule is O=S(=O)([O-])c1ccc2cc3c(O)c(S(=O)(=O)[O-])cc(O)c3cc2c1.[NH4+].[NH4+]. The minimum atomic E-state index is -5.01. The Bertz CT molecular complexity index is 1220. The van der Waals surface area contributed by atoms with E-state index in [9.17, 15) is 36.2 Å². The number of phenolic OH excluding ortho intramolecular Hbond substituents is 2. The molecule has 0 atom stereocenters. The highest BCUT2D eigenvalue weighted by Gasteiger charge is 2.16. The van der Waals surface area contributed by atoms with E-state index >= 15 is 0 Å². The van der Waals surface area contributed by atoms with Crippen LogP contribution < -0.4 is 12.3 Å². The zero-order valence-corrected chi connectivity index (χ0v) is 15.3. The maximum atomic E-state index is 11.1. The van der Waals surface area contributed by atoms with E-state index in [-0.39, 0.29) is 28.5 Å². The molecule has 0 aliphatic rings. The third-order valence-electron chi connectivity index (χ3n) is 3.54. The predicted molar refractivity (Wildman–Crippen MR) is 92.7 cm³/mol. The lowest BCUT2D eigenvalue weighted by atomic mass is 10.0. The first kappa shape index (κ1) is 21.6. The summed E-state index contributed by atoms with van der Waals surface area (Å²) in [5, 5.41) is 20.5. The van der Waals surface area contributed by atoms with Crippen molar-refractivity contribution in [3.05, 3.63) is 36.4 Å². The smallest absolute Gasteiger partial charge is 0.141 e. The van der Waals surface area contributed by atoms with Crippen molar-refractivity contribution in [2.75, 3.05) is 0 Å². The first-order chi connectivity index (χ1) is 11.0. The van der Waals surface area contributed by atoms with Crippen molar-refractivity contribution in [3.8, 4) is 11.5 Å². The van der Waals surface area contributed by atoms with Crippen molar-refractivity contribution in [2.45, 2.75) is 9.79 Å². The number of benzene rings is 3. The molecule has 12 heteroatoms. The molecule has 3 aromatic rings. The molecular weight excluding hydrogens is 388 g/mol. The maximum absolute atomic E-state index is 11.1. The quantitative estimate of drug-likeness (QED) is 0.279. The second kappa shape index (κ2) is 6.68. The van der Waals surface area contributed by atoms with Gasteiger partial charge in [0.2, 0.25) is 0 Å². The summed E-state index contributed by atoms with van der Waals surface area (Å²) in [5.41, 5.74) is 0. The number of hydrogen-bond acceptors (Lipinski definition) is 8. The summed E-state index contributed by atoms with van der Waals surface area (Å²) in [5.74, 6) is -1.41. The molecule has 0 spiro atoms. The van der Waals surface area contributed by atoms with Gasteiger partial charge < -0.3 is 31.6 Å². The molecule has 3 rings (SSSR count). The number of fused-ring (bicyclic) bond motifs is 2. The Morgan fingerprint density at radius 2 is 1.31 bits per heavy atom. The molecule has 0 unspecified atom stereocenters. The lowest BCUT2D eigenvalue weighted by Gasteiger charge is -2.14. The van der Waals surface area contributed by atoms with Crippen LogP contribution in [0.1, 0.15) is 0 Å². The van der Waals surface area contributed by atoms with Crippen LogP contribution >= 0.6 is 0 Å². The van der Waals surface area contributed by atoms with E-state index in [4.69, 9.17) is 0 Å². The molecule has 0 aliphatic carbocycles. The molecule has 0 radical (unpaired) electrons. The largest absolute Gasteiger partial charge is 0.744 e. The fraction of sp³-hybridized carbons (Fsp3) is 0. The molecule has 0 amide bonds. The standard InChI is InChI=1S/C14H10O8S2.2H3N/c15-12-6-13(24(20,21)22)14(16)11-4-7-1-2-9(23(17,18)19)3-8(7)5-10(11)12;;/h1-6,15-16H,(H,17,18,19)(H,20,21,22);2*1H3. The van der Waals surface area contributed by atoms with Crippen LogP contribution in [0.25, 0.3) is 21.5 Å². The van der Waals surface area contributed by atoms with E-state index in [0.717, 1.165) is 12.1 Å². The summed E-state index contributed by atoms with van der Waals surface area (Å²) in [7, 11) is -9.68.